The van der Waals surface area contributed by atoms with E-state index >= 15 is 0 Å². The van der Waals surface area contributed by atoms with Crippen molar-refractivity contribution in [3.63, 3.8) is 0 Å². The number of carbonyl (C=O) groups is 3. The van der Waals surface area contributed by atoms with Gasteiger partial charge in [0, 0.05) is 37.8 Å². The van der Waals surface area contributed by atoms with E-state index in [2.05, 4.69) is 10.6 Å². The summed E-state index contributed by atoms with van der Waals surface area (Å²) in [6, 6.07) is 14.7. The zero-order valence-corrected chi connectivity index (χ0v) is 15.5. The molecule has 0 aromatic heterocycles. The Morgan fingerprint density at radius 2 is 1.74 bits per heavy atom. The molecule has 1 aliphatic heterocycles. The molecule has 1 aliphatic rings. The van der Waals surface area contributed by atoms with Crippen LogP contribution in [0.4, 0.5) is 5.69 Å². The van der Waals surface area contributed by atoms with Crippen molar-refractivity contribution in [3.8, 4) is 0 Å². The van der Waals surface area contributed by atoms with Crippen LogP contribution in [0.5, 0.6) is 0 Å². The Labute approximate surface area is 158 Å². The van der Waals surface area contributed by atoms with Crippen molar-refractivity contribution in [1.29, 1.82) is 0 Å². The summed E-state index contributed by atoms with van der Waals surface area (Å²) >= 11 is 0. The molecule has 1 atom stereocenters. The summed E-state index contributed by atoms with van der Waals surface area (Å²) in [7, 11) is 1.57. The van der Waals surface area contributed by atoms with Gasteiger partial charge in [-0.2, -0.15) is 0 Å². The molecule has 6 nitrogen and oxygen atoms in total. The van der Waals surface area contributed by atoms with Crippen molar-refractivity contribution in [3.05, 3.63) is 65.2 Å². The van der Waals surface area contributed by atoms with Gasteiger partial charge >= 0.3 is 0 Å². The maximum atomic E-state index is 12.5. The highest BCUT2D eigenvalue weighted by atomic mass is 16.2. The smallest absolute Gasteiger partial charge is 0.251 e. The average Bonchev–Trinajstić information content (AvgIpc) is 3.04. The fraction of sp³-hybridized carbons (Fsp3) is 0.286. The molecule has 0 saturated carbocycles. The molecule has 1 heterocycles. The first-order chi connectivity index (χ1) is 13.0. The Morgan fingerprint density at radius 1 is 1.07 bits per heavy atom. The number of likely N-dealkylation sites (tertiary alicyclic amines) is 1. The quantitative estimate of drug-likeness (QED) is 0.854. The molecule has 140 valence electrons. The highest BCUT2D eigenvalue weighted by Crippen LogP contribution is 2.22. The van der Waals surface area contributed by atoms with Crippen LogP contribution in [-0.4, -0.2) is 36.2 Å². The van der Waals surface area contributed by atoms with Crippen LogP contribution in [-0.2, 0) is 16.1 Å². The van der Waals surface area contributed by atoms with Crippen LogP contribution >= 0.6 is 0 Å². The summed E-state index contributed by atoms with van der Waals surface area (Å²) in [6.07, 6.45) is 0.216. The summed E-state index contributed by atoms with van der Waals surface area (Å²) in [5.41, 5.74) is 3.36. The lowest BCUT2D eigenvalue weighted by molar-refractivity contribution is -0.128. The van der Waals surface area contributed by atoms with Gasteiger partial charge in [-0.05, 0) is 36.8 Å². The topological polar surface area (TPSA) is 78.5 Å². The Bertz CT molecular complexity index is 844. The van der Waals surface area contributed by atoms with Gasteiger partial charge in [-0.1, -0.05) is 29.8 Å². The fourth-order valence-corrected chi connectivity index (χ4v) is 3.11. The Morgan fingerprint density at radius 3 is 2.37 bits per heavy atom. The van der Waals surface area contributed by atoms with Gasteiger partial charge in [-0.3, -0.25) is 14.4 Å². The molecule has 3 amide bonds. The van der Waals surface area contributed by atoms with Crippen LogP contribution in [0.3, 0.4) is 0 Å². The number of nitrogens with one attached hydrogen (secondary N) is 2. The van der Waals surface area contributed by atoms with E-state index in [-0.39, 0.29) is 30.1 Å². The van der Waals surface area contributed by atoms with Crippen LogP contribution in [0.15, 0.2) is 48.5 Å². The molecule has 0 radical (unpaired) electrons. The lowest BCUT2D eigenvalue weighted by atomic mass is 10.1. The number of hydrogen-bond acceptors (Lipinski definition) is 3. The Kier molecular flexibility index (Phi) is 5.54. The predicted molar refractivity (Wildman–Crippen MR) is 103 cm³/mol. The van der Waals surface area contributed by atoms with Crippen molar-refractivity contribution < 1.29 is 14.4 Å². The number of amides is 3. The third-order valence-corrected chi connectivity index (χ3v) is 4.72. The maximum absolute atomic E-state index is 12.5. The Balaban J connectivity index is 1.58. The van der Waals surface area contributed by atoms with Crippen LogP contribution in [0.2, 0.25) is 0 Å². The Hall–Kier alpha value is -3.15. The van der Waals surface area contributed by atoms with Crippen LogP contribution < -0.4 is 10.6 Å². The second-order valence-electron chi connectivity index (χ2n) is 6.81. The molecule has 0 bridgehead atoms. The largest absolute Gasteiger partial charge is 0.355 e. The monoisotopic (exact) mass is 365 g/mol. The van der Waals surface area contributed by atoms with Gasteiger partial charge < -0.3 is 15.5 Å². The summed E-state index contributed by atoms with van der Waals surface area (Å²) in [6.45, 7) is 2.95. The fourth-order valence-electron chi connectivity index (χ4n) is 3.11. The highest BCUT2D eigenvalue weighted by molar-refractivity contribution is 5.98. The molecular weight excluding hydrogens is 342 g/mol. The molecule has 2 aromatic rings. The first kappa shape index (κ1) is 18.6. The minimum absolute atomic E-state index is 0.00862. The first-order valence-electron chi connectivity index (χ1n) is 8.92. The van der Waals surface area contributed by atoms with E-state index in [0.29, 0.717) is 24.3 Å². The second-order valence-corrected chi connectivity index (χ2v) is 6.81. The molecule has 3 rings (SSSR count). The number of benzene rings is 2. The van der Waals surface area contributed by atoms with Gasteiger partial charge in [0.25, 0.3) is 5.91 Å². The number of hydrogen-bond donors (Lipinski definition) is 2. The zero-order chi connectivity index (χ0) is 19.4. The third-order valence-electron chi connectivity index (χ3n) is 4.72. The van der Waals surface area contributed by atoms with E-state index in [1.165, 1.54) is 5.56 Å². The summed E-state index contributed by atoms with van der Waals surface area (Å²) in [4.78, 5) is 38.1. The number of rotatable bonds is 5. The summed E-state index contributed by atoms with van der Waals surface area (Å²) < 4.78 is 0. The number of anilines is 1. The van der Waals surface area contributed by atoms with Gasteiger partial charge in [0.1, 0.15) is 0 Å². The SMILES string of the molecule is CNC(=O)c1ccc(NC(=O)C2CC(=O)N(Cc3ccc(C)cc3)C2)cc1. The standard InChI is InChI=1S/C21H23N3O3/c1-14-3-5-15(6-4-14)12-24-13-17(11-19(24)25)21(27)23-18-9-7-16(8-10-18)20(26)22-2/h3-10,17H,11-13H2,1-2H3,(H,22,26)(H,23,27). The number of aryl methyl sites for hydroxylation is 1. The average molecular weight is 365 g/mol. The van der Waals surface area contributed by atoms with Crippen LogP contribution in [0, 0.1) is 12.8 Å². The number of carbonyl (C=O) groups excluding carboxylic acids is 3. The lowest BCUT2D eigenvalue weighted by Gasteiger charge is -2.17. The van der Waals surface area contributed by atoms with E-state index in [1.54, 1.807) is 36.2 Å². The van der Waals surface area contributed by atoms with Gasteiger partial charge in [0.05, 0.1) is 5.92 Å². The van der Waals surface area contributed by atoms with Crippen LogP contribution in [0.1, 0.15) is 27.9 Å². The molecule has 0 aliphatic carbocycles. The molecule has 1 fully saturated rings. The summed E-state index contributed by atoms with van der Waals surface area (Å²) in [5, 5.41) is 5.38. The molecule has 1 saturated heterocycles. The normalized spacial score (nSPS) is 16.3. The first-order valence-corrected chi connectivity index (χ1v) is 8.92. The van der Waals surface area contributed by atoms with E-state index in [1.807, 2.05) is 31.2 Å². The van der Waals surface area contributed by atoms with E-state index in [0.717, 1.165) is 5.56 Å². The molecule has 1 unspecified atom stereocenters. The van der Waals surface area contributed by atoms with Crippen molar-refractivity contribution in [2.24, 2.45) is 5.92 Å². The van der Waals surface area contributed by atoms with E-state index in [9.17, 15) is 14.4 Å². The minimum Gasteiger partial charge on any atom is -0.355 e. The van der Waals surface area contributed by atoms with E-state index in [4.69, 9.17) is 0 Å². The molecule has 0 spiro atoms. The van der Waals surface area contributed by atoms with Crippen LogP contribution in [0.25, 0.3) is 0 Å². The second kappa shape index (κ2) is 8.03. The van der Waals surface area contributed by atoms with Crippen molar-refractivity contribution in [2.75, 3.05) is 18.9 Å². The lowest BCUT2D eigenvalue weighted by Crippen LogP contribution is -2.28. The third kappa shape index (κ3) is 4.53. The molecular formula is C21H23N3O3. The summed E-state index contributed by atoms with van der Waals surface area (Å²) in [5.74, 6) is -0.740. The molecule has 2 aromatic carbocycles. The number of nitrogens with zero attached hydrogens (tertiary/aromatic N) is 1. The zero-order valence-electron chi connectivity index (χ0n) is 15.5. The minimum atomic E-state index is -0.374. The highest BCUT2D eigenvalue weighted by Gasteiger charge is 2.34. The van der Waals surface area contributed by atoms with Gasteiger partial charge in [0.15, 0.2) is 0 Å². The molecule has 2 N–H and O–H groups in total. The van der Waals surface area contributed by atoms with Gasteiger partial charge in [-0.15, -0.1) is 0 Å². The van der Waals surface area contributed by atoms with Gasteiger partial charge in [0.2, 0.25) is 11.8 Å². The van der Waals surface area contributed by atoms with Crippen molar-refractivity contribution in [1.82, 2.24) is 10.2 Å². The van der Waals surface area contributed by atoms with E-state index < -0.39 is 0 Å². The predicted octanol–water partition coefficient (Wildman–Crippen LogP) is 2.34. The molecule has 27 heavy (non-hydrogen) atoms. The van der Waals surface area contributed by atoms with Gasteiger partial charge in [-0.25, -0.2) is 0 Å². The van der Waals surface area contributed by atoms with Crippen molar-refractivity contribution >= 4 is 23.4 Å². The molecule has 6 heteroatoms. The van der Waals surface area contributed by atoms with Crippen molar-refractivity contribution in [2.45, 2.75) is 19.9 Å². The maximum Gasteiger partial charge on any atom is 0.251 e.